The van der Waals surface area contributed by atoms with Crippen LogP contribution in [0.15, 0.2) is 29.2 Å². The van der Waals surface area contributed by atoms with E-state index in [2.05, 4.69) is 45.1 Å². The van der Waals surface area contributed by atoms with Crippen molar-refractivity contribution in [2.45, 2.75) is 38.1 Å². The molecule has 0 aromatic heterocycles. The first-order valence-corrected chi connectivity index (χ1v) is 7.41. The van der Waals surface area contributed by atoms with Crippen LogP contribution < -0.4 is 10.1 Å². The van der Waals surface area contributed by atoms with Gasteiger partial charge in [-0.1, -0.05) is 6.92 Å². The van der Waals surface area contributed by atoms with E-state index in [0.717, 1.165) is 18.0 Å². The highest BCUT2D eigenvalue weighted by molar-refractivity contribution is 7.99. The Balaban J connectivity index is 2.31. The molecular weight excluding hydrogens is 242 g/mol. The number of thioether (sulfide) groups is 1. The van der Waals surface area contributed by atoms with E-state index in [1.54, 1.807) is 7.11 Å². The zero-order valence-corrected chi connectivity index (χ0v) is 12.9. The van der Waals surface area contributed by atoms with Crippen molar-refractivity contribution in [1.82, 2.24) is 5.32 Å². The number of hydrogen-bond donors (Lipinski definition) is 1. The minimum Gasteiger partial charge on any atom is -0.497 e. The topological polar surface area (TPSA) is 21.3 Å². The fourth-order valence-corrected chi connectivity index (χ4v) is 2.37. The monoisotopic (exact) mass is 267 g/mol. The van der Waals surface area contributed by atoms with Gasteiger partial charge in [0.1, 0.15) is 5.75 Å². The van der Waals surface area contributed by atoms with Gasteiger partial charge < -0.3 is 10.1 Å². The van der Waals surface area contributed by atoms with E-state index in [0.29, 0.717) is 5.92 Å². The van der Waals surface area contributed by atoms with Gasteiger partial charge in [-0.3, -0.25) is 0 Å². The standard InChI is InChI=1S/C15H25NOS/c1-12(10-16-15(2,3)4)11-18-14-8-6-13(17-5)7-9-14/h6-9,12,16H,10-11H2,1-5H3. The third kappa shape index (κ3) is 6.31. The second kappa shape index (κ2) is 7.05. The molecule has 0 radical (unpaired) electrons. The summed E-state index contributed by atoms with van der Waals surface area (Å²) >= 11 is 1.90. The maximum Gasteiger partial charge on any atom is 0.118 e. The number of benzene rings is 1. The van der Waals surface area contributed by atoms with Gasteiger partial charge in [-0.25, -0.2) is 0 Å². The molecule has 0 fully saturated rings. The number of methoxy groups -OCH3 is 1. The van der Waals surface area contributed by atoms with Crippen LogP contribution in [0.25, 0.3) is 0 Å². The van der Waals surface area contributed by atoms with Crippen molar-refractivity contribution >= 4 is 11.8 Å². The van der Waals surface area contributed by atoms with Gasteiger partial charge in [0, 0.05) is 16.2 Å². The summed E-state index contributed by atoms with van der Waals surface area (Å²) in [6.45, 7) is 9.96. The van der Waals surface area contributed by atoms with Crippen molar-refractivity contribution in [3.63, 3.8) is 0 Å². The first kappa shape index (κ1) is 15.4. The lowest BCUT2D eigenvalue weighted by Crippen LogP contribution is -2.39. The zero-order valence-electron chi connectivity index (χ0n) is 12.1. The van der Waals surface area contributed by atoms with Crippen LogP contribution in [-0.4, -0.2) is 24.9 Å². The summed E-state index contributed by atoms with van der Waals surface area (Å²) in [6, 6.07) is 8.27. The molecule has 1 unspecified atom stereocenters. The number of rotatable bonds is 6. The summed E-state index contributed by atoms with van der Waals surface area (Å²) in [5.74, 6) is 2.72. The molecule has 102 valence electrons. The van der Waals surface area contributed by atoms with Crippen molar-refractivity contribution in [2.75, 3.05) is 19.4 Å². The lowest BCUT2D eigenvalue weighted by Gasteiger charge is -2.23. The van der Waals surface area contributed by atoms with Gasteiger partial charge in [0.05, 0.1) is 7.11 Å². The van der Waals surface area contributed by atoms with E-state index in [1.165, 1.54) is 4.90 Å². The number of ether oxygens (including phenoxy) is 1. The van der Waals surface area contributed by atoms with E-state index in [-0.39, 0.29) is 5.54 Å². The maximum atomic E-state index is 5.15. The van der Waals surface area contributed by atoms with E-state index in [4.69, 9.17) is 4.74 Å². The normalized spacial score (nSPS) is 13.4. The fraction of sp³-hybridized carbons (Fsp3) is 0.600. The smallest absolute Gasteiger partial charge is 0.118 e. The van der Waals surface area contributed by atoms with Crippen molar-refractivity contribution in [2.24, 2.45) is 5.92 Å². The van der Waals surface area contributed by atoms with E-state index < -0.39 is 0 Å². The molecule has 0 amide bonds. The van der Waals surface area contributed by atoms with Crippen LogP contribution in [0.3, 0.4) is 0 Å². The van der Waals surface area contributed by atoms with Crippen LogP contribution in [0.1, 0.15) is 27.7 Å². The number of nitrogens with one attached hydrogen (secondary N) is 1. The Labute approximate surface area is 116 Å². The molecule has 0 aliphatic carbocycles. The van der Waals surface area contributed by atoms with Gasteiger partial charge in [-0.2, -0.15) is 0 Å². The number of hydrogen-bond acceptors (Lipinski definition) is 3. The molecule has 0 aliphatic heterocycles. The highest BCUT2D eigenvalue weighted by Crippen LogP contribution is 2.23. The molecule has 18 heavy (non-hydrogen) atoms. The van der Waals surface area contributed by atoms with Gasteiger partial charge in [-0.05, 0) is 57.5 Å². The fourth-order valence-electron chi connectivity index (χ4n) is 1.45. The van der Waals surface area contributed by atoms with E-state index in [9.17, 15) is 0 Å². The Bertz CT molecular complexity index is 343. The Morgan fingerprint density at radius 1 is 1.22 bits per heavy atom. The lowest BCUT2D eigenvalue weighted by molar-refractivity contribution is 0.395. The second-order valence-electron chi connectivity index (χ2n) is 5.72. The molecule has 1 rings (SSSR count). The molecular formula is C15H25NOS. The first-order valence-electron chi connectivity index (χ1n) is 6.42. The third-order valence-electron chi connectivity index (χ3n) is 2.57. The van der Waals surface area contributed by atoms with Gasteiger partial charge in [0.15, 0.2) is 0 Å². The summed E-state index contributed by atoms with van der Waals surface area (Å²) in [5, 5.41) is 3.54. The van der Waals surface area contributed by atoms with Crippen molar-refractivity contribution in [1.29, 1.82) is 0 Å². The molecule has 0 spiro atoms. The molecule has 3 heteroatoms. The van der Waals surface area contributed by atoms with Crippen LogP contribution in [0, 0.1) is 5.92 Å². The third-order valence-corrected chi connectivity index (χ3v) is 3.92. The van der Waals surface area contributed by atoms with Crippen LogP contribution in [-0.2, 0) is 0 Å². The predicted octanol–water partition coefficient (Wildman–Crippen LogP) is 3.81. The molecule has 0 heterocycles. The van der Waals surface area contributed by atoms with Crippen molar-refractivity contribution in [3.8, 4) is 5.75 Å². The molecule has 0 bridgehead atoms. The van der Waals surface area contributed by atoms with E-state index in [1.807, 2.05) is 23.9 Å². The van der Waals surface area contributed by atoms with Crippen molar-refractivity contribution < 1.29 is 4.74 Å². The van der Waals surface area contributed by atoms with Crippen LogP contribution >= 0.6 is 11.8 Å². The van der Waals surface area contributed by atoms with Crippen molar-refractivity contribution in [3.05, 3.63) is 24.3 Å². The Morgan fingerprint density at radius 2 is 1.83 bits per heavy atom. The van der Waals surface area contributed by atoms with Gasteiger partial charge in [0.25, 0.3) is 0 Å². The van der Waals surface area contributed by atoms with Gasteiger partial charge >= 0.3 is 0 Å². The molecule has 1 aromatic rings. The molecule has 1 N–H and O–H groups in total. The SMILES string of the molecule is COc1ccc(SCC(C)CNC(C)(C)C)cc1. The Morgan fingerprint density at radius 3 is 2.33 bits per heavy atom. The highest BCUT2D eigenvalue weighted by Gasteiger charge is 2.11. The van der Waals surface area contributed by atoms with Gasteiger partial charge in [-0.15, -0.1) is 11.8 Å². The summed E-state index contributed by atoms with van der Waals surface area (Å²) < 4.78 is 5.15. The van der Waals surface area contributed by atoms with Gasteiger partial charge in [0.2, 0.25) is 0 Å². The zero-order chi connectivity index (χ0) is 13.6. The minimum atomic E-state index is 0.207. The average Bonchev–Trinajstić information content (AvgIpc) is 2.33. The predicted molar refractivity (Wildman–Crippen MR) is 80.6 cm³/mol. The van der Waals surface area contributed by atoms with Crippen LogP contribution in [0.4, 0.5) is 0 Å². The minimum absolute atomic E-state index is 0.207. The summed E-state index contributed by atoms with van der Waals surface area (Å²) in [4.78, 5) is 1.30. The summed E-state index contributed by atoms with van der Waals surface area (Å²) in [5.41, 5.74) is 0.207. The lowest BCUT2D eigenvalue weighted by atomic mass is 10.1. The summed E-state index contributed by atoms with van der Waals surface area (Å²) in [7, 11) is 1.70. The Kier molecular flexibility index (Phi) is 6.03. The summed E-state index contributed by atoms with van der Waals surface area (Å²) in [6.07, 6.45) is 0. The molecule has 1 aromatic carbocycles. The van der Waals surface area contributed by atoms with Crippen LogP contribution in [0.2, 0.25) is 0 Å². The van der Waals surface area contributed by atoms with E-state index >= 15 is 0 Å². The maximum absolute atomic E-state index is 5.15. The second-order valence-corrected chi connectivity index (χ2v) is 6.82. The highest BCUT2D eigenvalue weighted by atomic mass is 32.2. The quantitative estimate of drug-likeness (QED) is 0.792. The largest absolute Gasteiger partial charge is 0.497 e. The average molecular weight is 267 g/mol. The molecule has 0 aliphatic rings. The molecule has 0 saturated carbocycles. The molecule has 2 nitrogen and oxygen atoms in total. The Hall–Kier alpha value is -0.670. The first-order chi connectivity index (χ1) is 8.40. The van der Waals surface area contributed by atoms with Crippen LogP contribution in [0.5, 0.6) is 5.75 Å². The molecule has 1 atom stereocenters. The molecule has 0 saturated heterocycles.